The van der Waals surface area contributed by atoms with Gasteiger partial charge in [0.25, 0.3) is 5.91 Å². The fraction of sp³-hybridized carbons (Fsp3) is 0.484. The summed E-state index contributed by atoms with van der Waals surface area (Å²) in [4.78, 5) is 113. The summed E-state index contributed by atoms with van der Waals surface area (Å²) >= 11 is 6.13. The van der Waals surface area contributed by atoms with E-state index >= 15 is 9.59 Å². The van der Waals surface area contributed by atoms with Gasteiger partial charge in [-0.2, -0.15) is 0 Å². The minimum Gasteiger partial charge on any atom is -0.492 e. The zero-order valence-electron chi connectivity index (χ0n) is 50.5. The third-order valence-corrected chi connectivity index (χ3v) is 13.1. The molecule has 0 spiro atoms. The largest absolute Gasteiger partial charge is 0.514 e. The van der Waals surface area contributed by atoms with Gasteiger partial charge in [-0.1, -0.05) is 48.0 Å². The van der Waals surface area contributed by atoms with E-state index in [1.54, 1.807) is 136 Å². The van der Waals surface area contributed by atoms with Crippen LogP contribution >= 0.6 is 11.6 Å². The maximum Gasteiger partial charge on any atom is 0.514 e. The van der Waals surface area contributed by atoms with E-state index in [0.717, 1.165) is 11.1 Å². The van der Waals surface area contributed by atoms with Crippen molar-refractivity contribution in [3.05, 3.63) is 107 Å². The summed E-state index contributed by atoms with van der Waals surface area (Å²) in [6.07, 6.45) is -0.838. The second-order valence-corrected chi connectivity index (χ2v) is 23.8. The van der Waals surface area contributed by atoms with Crippen molar-refractivity contribution in [1.82, 2.24) is 36.4 Å². The smallest absolute Gasteiger partial charge is 0.492 e. The number of nitrogens with one attached hydrogen (secondary N) is 5. The average Bonchev–Trinajstić information content (AvgIpc) is 3.62. The molecule has 1 aliphatic rings. The van der Waals surface area contributed by atoms with Gasteiger partial charge in [0.15, 0.2) is 0 Å². The second kappa shape index (κ2) is 30.1. The Bertz CT molecular complexity index is 2950. The summed E-state index contributed by atoms with van der Waals surface area (Å²) in [5.74, 6) is -3.35. The van der Waals surface area contributed by atoms with Crippen LogP contribution in [0.4, 0.5) is 14.4 Å². The molecule has 1 heterocycles. The first-order valence-electron chi connectivity index (χ1n) is 28.0. The highest BCUT2D eigenvalue weighted by molar-refractivity contribution is 6.30. The number of hydrogen-bond donors (Lipinski definition) is 5. The highest BCUT2D eigenvalue weighted by Gasteiger charge is 2.37. The number of rotatable bonds is 20. The number of ether oxygens (including phenoxy) is 6. The average molecular weight is 1180 g/mol. The van der Waals surface area contributed by atoms with Crippen molar-refractivity contribution in [3.63, 3.8) is 0 Å². The molecule has 0 aromatic heterocycles. The van der Waals surface area contributed by atoms with Crippen LogP contribution in [0.3, 0.4) is 0 Å². The van der Waals surface area contributed by atoms with Crippen molar-refractivity contribution < 1.29 is 66.8 Å². The normalized spacial score (nSPS) is 15.8. The van der Waals surface area contributed by atoms with Crippen molar-refractivity contribution >= 4 is 59.5 Å². The molecule has 21 nitrogen and oxygen atoms in total. The molecule has 4 aromatic carbocycles. The Kier molecular flexibility index (Phi) is 23.9. The maximum atomic E-state index is 15.3. The van der Waals surface area contributed by atoms with E-state index in [1.807, 2.05) is 12.1 Å². The molecule has 4 atom stereocenters. The molecule has 4 aromatic rings. The summed E-state index contributed by atoms with van der Waals surface area (Å²) in [7, 11) is 4.24. The van der Waals surface area contributed by atoms with Crippen LogP contribution in [0.25, 0.3) is 22.3 Å². The lowest BCUT2D eigenvalue weighted by molar-refractivity contribution is -0.145. The molecule has 456 valence electrons. The third kappa shape index (κ3) is 21.1. The zero-order valence-corrected chi connectivity index (χ0v) is 51.2. The Morgan fingerprint density at radius 1 is 0.702 bits per heavy atom. The molecule has 0 fully saturated rings. The number of nitrogens with zero attached hydrogens (tertiary/aromatic N) is 2. The molecular weight excluding hydrogens is 1100 g/mol. The van der Waals surface area contributed by atoms with Crippen molar-refractivity contribution in [3.8, 4) is 33.8 Å². The molecule has 4 bridgehead atoms. The van der Waals surface area contributed by atoms with Crippen LogP contribution in [0.15, 0.2) is 84.9 Å². The van der Waals surface area contributed by atoms with Crippen LogP contribution in [-0.4, -0.2) is 147 Å². The van der Waals surface area contributed by atoms with Gasteiger partial charge in [0.1, 0.15) is 59.1 Å². The molecule has 84 heavy (non-hydrogen) atoms. The maximum absolute atomic E-state index is 15.3. The van der Waals surface area contributed by atoms with Crippen LogP contribution in [0, 0.1) is 0 Å². The molecular formula is C62H82ClN7O14. The highest BCUT2D eigenvalue weighted by atomic mass is 35.5. The Morgan fingerprint density at radius 3 is 1.95 bits per heavy atom. The number of halogens is 1. The molecule has 5 rings (SSSR count). The number of carbonyl (C=O) groups excluding carboxylic acids is 8. The van der Waals surface area contributed by atoms with Crippen LogP contribution in [0.5, 0.6) is 11.5 Å². The molecule has 0 saturated carbocycles. The predicted octanol–water partition coefficient (Wildman–Crippen LogP) is 8.93. The number of likely N-dealkylation sites (N-methyl/N-ethyl adjacent to an activating group) is 1. The van der Waals surface area contributed by atoms with Crippen LogP contribution in [-0.2, 0) is 44.5 Å². The van der Waals surface area contributed by atoms with Crippen LogP contribution in [0.1, 0.15) is 122 Å². The number of benzene rings is 4. The third-order valence-electron chi connectivity index (χ3n) is 12.8. The van der Waals surface area contributed by atoms with Crippen molar-refractivity contribution in [1.29, 1.82) is 0 Å². The SMILES string of the molecule is COC(=O)C1Cc2ccc(OC(=O)OC(C)(C)C)c(c2)-c2cc(ccc2OCCNCCCN(C)C(=O)OC(C)(C)C)C(N(C)C(=O)C(CCCCNC(=O)OC(C)(C)C)NC(=O)c2ccc(-c3ccc(Cl)cc3)cc2)C(=O)NC(C)C(=O)N1. The standard InChI is InChI=1S/C62H82ClN7O14/c1-38-52(71)68-48(56(75)79-13)36-39-18-28-50(81-59(78)84-62(8,9)10)45(35-39)46-37-43(25-29-49(46)80-34-32-64-30-16-33-69(11)58(77)83-61(5,6)7)51(54(73)66-38)70(12)55(74)47(17-14-15-31-65-57(76)82-60(2,3)4)67-53(72)42-21-19-40(20-22-42)41-23-26-44(63)27-24-41/h18-29,35,37-38,47-48,51,64H,14-17,30-34,36H2,1-13H3,(H,65,76)(H,66,73)(H,67,72)(H,68,71). The first-order valence-corrected chi connectivity index (χ1v) is 28.3. The lowest BCUT2D eigenvalue weighted by Crippen LogP contribution is -2.55. The number of methoxy groups -OCH3 is 1. The number of fused-ring (bicyclic) bond motifs is 5. The lowest BCUT2D eigenvalue weighted by Gasteiger charge is -2.32. The summed E-state index contributed by atoms with van der Waals surface area (Å²) in [5, 5.41) is 14.9. The molecule has 5 N–H and O–H groups in total. The van der Waals surface area contributed by atoms with Gasteiger partial charge in [0, 0.05) is 61.9 Å². The Morgan fingerprint density at radius 2 is 1.32 bits per heavy atom. The van der Waals surface area contributed by atoms with Gasteiger partial charge in [-0.3, -0.25) is 19.2 Å². The van der Waals surface area contributed by atoms with Crippen LogP contribution in [0.2, 0.25) is 5.02 Å². The van der Waals surface area contributed by atoms with Gasteiger partial charge >= 0.3 is 24.3 Å². The van der Waals surface area contributed by atoms with E-state index in [1.165, 1.54) is 36.9 Å². The Balaban J connectivity index is 1.58. The minimum atomic E-state index is -1.52. The fourth-order valence-electron chi connectivity index (χ4n) is 8.73. The highest BCUT2D eigenvalue weighted by Crippen LogP contribution is 2.41. The Labute approximate surface area is 497 Å². The topological polar surface area (TPSA) is 259 Å². The van der Waals surface area contributed by atoms with E-state index in [9.17, 15) is 28.8 Å². The van der Waals surface area contributed by atoms with Crippen LogP contribution < -0.4 is 36.1 Å². The molecule has 1 aliphatic heterocycles. The molecule has 0 aliphatic carbocycles. The van der Waals surface area contributed by atoms with Crippen molar-refractivity contribution in [2.24, 2.45) is 0 Å². The second-order valence-electron chi connectivity index (χ2n) is 23.4. The van der Waals surface area contributed by atoms with Gasteiger partial charge in [-0.15, -0.1) is 0 Å². The van der Waals surface area contributed by atoms with Crippen molar-refractivity contribution in [2.45, 2.75) is 142 Å². The number of amides is 6. The van der Waals surface area contributed by atoms with E-state index in [-0.39, 0.29) is 54.2 Å². The van der Waals surface area contributed by atoms with E-state index in [4.69, 9.17) is 40.0 Å². The summed E-state index contributed by atoms with van der Waals surface area (Å²) in [5.41, 5.74) is 0.849. The number of esters is 1. The summed E-state index contributed by atoms with van der Waals surface area (Å²) in [6.45, 7) is 18.7. The first kappa shape index (κ1) is 66.9. The molecule has 6 amide bonds. The quantitative estimate of drug-likeness (QED) is 0.0239. The summed E-state index contributed by atoms with van der Waals surface area (Å²) in [6, 6.07) is 18.3. The lowest BCUT2D eigenvalue weighted by atomic mass is 9.93. The number of unbranched alkanes of at least 4 members (excludes halogenated alkanes) is 1. The van der Waals surface area contributed by atoms with E-state index in [2.05, 4.69) is 26.6 Å². The number of alkyl carbamates (subject to hydrolysis) is 1. The monoisotopic (exact) mass is 1180 g/mol. The number of hydrogen-bond acceptors (Lipinski definition) is 15. The molecule has 0 radical (unpaired) electrons. The van der Waals surface area contributed by atoms with Gasteiger partial charge < -0.3 is 64.8 Å². The van der Waals surface area contributed by atoms with Crippen molar-refractivity contribution in [2.75, 3.05) is 54.0 Å². The fourth-order valence-corrected chi connectivity index (χ4v) is 8.86. The first-order chi connectivity index (χ1) is 39.4. The van der Waals surface area contributed by atoms with Gasteiger partial charge in [-0.05, 0) is 172 Å². The van der Waals surface area contributed by atoms with E-state index < -0.39 is 88.9 Å². The zero-order chi connectivity index (χ0) is 62.1. The van der Waals surface area contributed by atoms with Gasteiger partial charge in [0.05, 0.1) is 7.11 Å². The van der Waals surface area contributed by atoms with Gasteiger partial charge in [0.2, 0.25) is 17.7 Å². The van der Waals surface area contributed by atoms with Gasteiger partial charge in [-0.25, -0.2) is 19.2 Å². The molecule has 0 saturated heterocycles. The predicted molar refractivity (Wildman–Crippen MR) is 318 cm³/mol. The Hall–Kier alpha value is -7.91. The summed E-state index contributed by atoms with van der Waals surface area (Å²) < 4.78 is 33.9. The number of carbonyl (C=O) groups is 8. The molecule has 4 unspecified atom stereocenters. The minimum absolute atomic E-state index is 0.00262. The molecule has 22 heteroatoms. The van der Waals surface area contributed by atoms with E-state index in [0.29, 0.717) is 55.0 Å².